The van der Waals surface area contributed by atoms with Crippen LogP contribution < -0.4 is 4.74 Å². The fourth-order valence-electron chi connectivity index (χ4n) is 1.40. The third kappa shape index (κ3) is 2.97. The molecule has 1 aromatic carbocycles. The van der Waals surface area contributed by atoms with E-state index < -0.39 is 0 Å². The van der Waals surface area contributed by atoms with Crippen LogP contribution in [-0.4, -0.2) is 16.3 Å². The van der Waals surface area contributed by atoms with Crippen molar-refractivity contribution in [2.75, 3.05) is 0 Å². The van der Waals surface area contributed by atoms with Crippen LogP contribution in [0.25, 0.3) is 11.5 Å². The Morgan fingerprint density at radius 3 is 2.82 bits per heavy atom. The molecule has 1 heterocycles. The van der Waals surface area contributed by atoms with E-state index in [2.05, 4.69) is 10.2 Å². The molecule has 0 aliphatic carbocycles. The normalized spacial score (nSPS) is 10.8. The van der Waals surface area contributed by atoms with E-state index in [1.807, 2.05) is 38.1 Å². The summed E-state index contributed by atoms with van der Waals surface area (Å²) in [5.41, 5.74) is 0.826. The van der Waals surface area contributed by atoms with Crippen molar-refractivity contribution in [3.8, 4) is 17.2 Å². The van der Waals surface area contributed by atoms with Crippen molar-refractivity contribution < 1.29 is 9.15 Å². The zero-order valence-corrected chi connectivity index (χ0v) is 10.4. The molecule has 0 N–H and O–H groups in total. The van der Waals surface area contributed by atoms with Gasteiger partial charge in [-0.3, -0.25) is 0 Å². The largest absolute Gasteiger partial charge is 0.491 e. The second-order valence-electron chi connectivity index (χ2n) is 3.83. The molecular formula is C12H13ClN2O2. The lowest BCUT2D eigenvalue weighted by Crippen LogP contribution is -2.05. The van der Waals surface area contributed by atoms with Crippen molar-refractivity contribution >= 4 is 11.6 Å². The van der Waals surface area contributed by atoms with Crippen LogP contribution in [0.3, 0.4) is 0 Å². The average molecular weight is 253 g/mol. The standard InChI is InChI=1S/C12H13ClN2O2/c1-8(2)16-10-5-3-4-9(6-10)12-15-14-11(7-13)17-12/h3-6,8H,7H2,1-2H3. The van der Waals surface area contributed by atoms with E-state index in [9.17, 15) is 0 Å². The Kier molecular flexibility index (Phi) is 3.64. The minimum Gasteiger partial charge on any atom is -0.491 e. The SMILES string of the molecule is CC(C)Oc1cccc(-c2nnc(CCl)o2)c1. The van der Waals surface area contributed by atoms with Gasteiger partial charge in [-0.1, -0.05) is 6.07 Å². The minimum atomic E-state index is 0.131. The van der Waals surface area contributed by atoms with Crippen LogP contribution in [-0.2, 0) is 5.88 Å². The molecule has 17 heavy (non-hydrogen) atoms. The zero-order valence-electron chi connectivity index (χ0n) is 9.68. The summed E-state index contributed by atoms with van der Waals surface area (Å²) in [7, 11) is 0. The molecule has 0 saturated heterocycles. The van der Waals surface area contributed by atoms with Crippen molar-refractivity contribution in [3.05, 3.63) is 30.2 Å². The molecule has 2 rings (SSSR count). The predicted octanol–water partition coefficient (Wildman–Crippen LogP) is 3.26. The summed E-state index contributed by atoms with van der Waals surface area (Å²) in [5, 5.41) is 7.73. The van der Waals surface area contributed by atoms with Crippen molar-refractivity contribution in [3.63, 3.8) is 0 Å². The lowest BCUT2D eigenvalue weighted by Gasteiger charge is -2.09. The Balaban J connectivity index is 2.26. The molecule has 1 aromatic heterocycles. The van der Waals surface area contributed by atoms with Gasteiger partial charge in [0.05, 0.1) is 6.10 Å². The Hall–Kier alpha value is -1.55. The Morgan fingerprint density at radius 1 is 1.35 bits per heavy atom. The lowest BCUT2D eigenvalue weighted by atomic mass is 10.2. The van der Waals surface area contributed by atoms with Gasteiger partial charge in [0.1, 0.15) is 11.6 Å². The number of ether oxygens (including phenoxy) is 1. The minimum absolute atomic E-state index is 0.131. The highest BCUT2D eigenvalue weighted by Crippen LogP contribution is 2.23. The van der Waals surface area contributed by atoms with Crippen molar-refractivity contribution in [1.82, 2.24) is 10.2 Å². The Labute approximate surface area is 105 Å². The smallest absolute Gasteiger partial charge is 0.247 e. The van der Waals surface area contributed by atoms with Crippen molar-refractivity contribution in [2.45, 2.75) is 25.8 Å². The van der Waals surface area contributed by atoms with E-state index in [1.54, 1.807) is 0 Å². The molecule has 0 amide bonds. The first-order valence-corrected chi connectivity index (χ1v) is 5.88. The van der Waals surface area contributed by atoms with Gasteiger partial charge in [-0.25, -0.2) is 0 Å². The van der Waals surface area contributed by atoms with Crippen LogP contribution in [0.5, 0.6) is 5.75 Å². The van der Waals surface area contributed by atoms with Gasteiger partial charge < -0.3 is 9.15 Å². The fraction of sp³-hybridized carbons (Fsp3) is 0.333. The summed E-state index contributed by atoms with van der Waals surface area (Å²) in [5.74, 6) is 1.87. The Morgan fingerprint density at radius 2 is 2.18 bits per heavy atom. The highest BCUT2D eigenvalue weighted by Gasteiger charge is 2.08. The van der Waals surface area contributed by atoms with Crippen LogP contribution in [0.15, 0.2) is 28.7 Å². The maximum atomic E-state index is 5.61. The van der Waals surface area contributed by atoms with Gasteiger partial charge in [0.2, 0.25) is 11.8 Å². The van der Waals surface area contributed by atoms with E-state index in [4.69, 9.17) is 20.8 Å². The molecule has 0 aliphatic rings. The highest BCUT2D eigenvalue weighted by molar-refractivity contribution is 6.16. The van der Waals surface area contributed by atoms with Crippen LogP contribution in [0.4, 0.5) is 0 Å². The zero-order chi connectivity index (χ0) is 12.3. The number of benzene rings is 1. The summed E-state index contributed by atoms with van der Waals surface area (Å²) < 4.78 is 11.0. The molecule has 2 aromatic rings. The summed E-state index contributed by atoms with van der Waals surface area (Å²) in [6.45, 7) is 3.95. The molecule has 5 heteroatoms. The topological polar surface area (TPSA) is 48.2 Å². The molecule has 4 nitrogen and oxygen atoms in total. The maximum absolute atomic E-state index is 5.61. The summed E-state index contributed by atoms with van der Waals surface area (Å²) in [6.07, 6.45) is 0.131. The molecule has 90 valence electrons. The first-order chi connectivity index (χ1) is 8.19. The number of rotatable bonds is 4. The van der Waals surface area contributed by atoms with Crippen molar-refractivity contribution in [2.24, 2.45) is 0 Å². The fourth-order valence-corrected chi connectivity index (χ4v) is 1.51. The number of hydrogen-bond acceptors (Lipinski definition) is 4. The first-order valence-electron chi connectivity index (χ1n) is 5.34. The molecule has 0 bridgehead atoms. The number of halogens is 1. The van der Waals surface area contributed by atoms with E-state index >= 15 is 0 Å². The lowest BCUT2D eigenvalue weighted by molar-refractivity contribution is 0.242. The van der Waals surface area contributed by atoms with Crippen LogP contribution in [0, 0.1) is 0 Å². The Bertz CT molecular complexity index is 497. The number of alkyl halides is 1. The molecule has 0 atom stereocenters. The van der Waals surface area contributed by atoms with E-state index in [1.165, 1.54) is 0 Å². The second-order valence-corrected chi connectivity index (χ2v) is 4.10. The molecule has 0 radical (unpaired) electrons. The van der Waals surface area contributed by atoms with Gasteiger partial charge in [-0.05, 0) is 32.0 Å². The van der Waals surface area contributed by atoms with Gasteiger partial charge in [0.25, 0.3) is 0 Å². The summed E-state index contributed by atoms with van der Waals surface area (Å²) in [4.78, 5) is 0. The number of aromatic nitrogens is 2. The highest BCUT2D eigenvalue weighted by atomic mass is 35.5. The van der Waals surface area contributed by atoms with Gasteiger partial charge >= 0.3 is 0 Å². The van der Waals surface area contributed by atoms with Crippen LogP contribution >= 0.6 is 11.6 Å². The van der Waals surface area contributed by atoms with Gasteiger partial charge in [-0.15, -0.1) is 21.8 Å². The van der Waals surface area contributed by atoms with E-state index in [0.29, 0.717) is 11.8 Å². The second kappa shape index (κ2) is 5.19. The van der Waals surface area contributed by atoms with Gasteiger partial charge in [0, 0.05) is 5.56 Å². The number of nitrogens with zero attached hydrogens (tertiary/aromatic N) is 2. The predicted molar refractivity (Wildman–Crippen MR) is 65.1 cm³/mol. The van der Waals surface area contributed by atoms with E-state index in [-0.39, 0.29) is 12.0 Å². The van der Waals surface area contributed by atoms with Gasteiger partial charge in [-0.2, -0.15) is 0 Å². The van der Waals surface area contributed by atoms with Crippen molar-refractivity contribution in [1.29, 1.82) is 0 Å². The molecular weight excluding hydrogens is 240 g/mol. The van der Waals surface area contributed by atoms with Gasteiger partial charge in [0.15, 0.2) is 0 Å². The van der Waals surface area contributed by atoms with E-state index in [0.717, 1.165) is 11.3 Å². The monoisotopic (exact) mass is 252 g/mol. The van der Waals surface area contributed by atoms with Crippen LogP contribution in [0.2, 0.25) is 0 Å². The molecule has 0 saturated carbocycles. The molecule has 0 spiro atoms. The average Bonchev–Trinajstić information content (AvgIpc) is 2.77. The molecule has 0 unspecified atom stereocenters. The maximum Gasteiger partial charge on any atom is 0.247 e. The first kappa shape index (κ1) is 11.9. The third-order valence-electron chi connectivity index (χ3n) is 2.03. The molecule has 0 fully saturated rings. The summed E-state index contributed by atoms with van der Waals surface area (Å²) >= 11 is 5.61. The number of hydrogen-bond donors (Lipinski definition) is 0. The quantitative estimate of drug-likeness (QED) is 0.784. The van der Waals surface area contributed by atoms with Crippen LogP contribution in [0.1, 0.15) is 19.7 Å². The third-order valence-corrected chi connectivity index (χ3v) is 2.26. The summed E-state index contributed by atoms with van der Waals surface area (Å²) in [6, 6.07) is 7.53. The molecule has 0 aliphatic heterocycles.